The second-order valence-electron chi connectivity index (χ2n) is 5.01. The molecule has 1 saturated heterocycles. The van der Waals surface area contributed by atoms with E-state index >= 15 is 0 Å². The molecule has 2 N–H and O–H groups in total. The monoisotopic (exact) mass is 262 g/mol. The molecule has 0 saturated carbocycles. The molecule has 1 aliphatic heterocycles. The number of anilines is 2. The van der Waals surface area contributed by atoms with Gasteiger partial charge < -0.3 is 15.4 Å². The lowest BCUT2D eigenvalue weighted by molar-refractivity contribution is 0.0602. The maximum Gasteiger partial charge on any atom is 0.340 e. The zero-order chi connectivity index (χ0) is 13.8. The first kappa shape index (κ1) is 13.7. The van der Waals surface area contributed by atoms with Crippen LogP contribution in [0.2, 0.25) is 0 Å². The quantitative estimate of drug-likeness (QED) is 0.672. The van der Waals surface area contributed by atoms with Crippen molar-refractivity contribution in [3.05, 3.63) is 23.8 Å². The van der Waals surface area contributed by atoms with E-state index in [0.29, 0.717) is 17.3 Å². The average molecular weight is 262 g/mol. The molecule has 0 radical (unpaired) electrons. The third-order valence-electron chi connectivity index (χ3n) is 3.87. The molecule has 0 spiro atoms. The van der Waals surface area contributed by atoms with Crippen molar-refractivity contribution >= 4 is 17.3 Å². The van der Waals surface area contributed by atoms with E-state index in [1.165, 1.54) is 26.4 Å². The number of ether oxygens (including phenoxy) is 1. The van der Waals surface area contributed by atoms with Gasteiger partial charge in [0, 0.05) is 24.0 Å². The van der Waals surface area contributed by atoms with Crippen LogP contribution in [0.4, 0.5) is 11.4 Å². The van der Waals surface area contributed by atoms with Gasteiger partial charge in [0.1, 0.15) is 0 Å². The summed E-state index contributed by atoms with van der Waals surface area (Å²) >= 11 is 0. The summed E-state index contributed by atoms with van der Waals surface area (Å²) in [5, 5.41) is 0. The number of carbonyl (C=O) groups is 1. The topological polar surface area (TPSA) is 55.6 Å². The van der Waals surface area contributed by atoms with Gasteiger partial charge in [-0.25, -0.2) is 4.79 Å². The number of benzene rings is 1. The first-order valence-electron chi connectivity index (χ1n) is 6.91. The van der Waals surface area contributed by atoms with Crippen LogP contribution in [0.15, 0.2) is 18.2 Å². The summed E-state index contributed by atoms with van der Waals surface area (Å²) in [6.07, 6.45) is 4.83. The second kappa shape index (κ2) is 5.95. The maximum atomic E-state index is 11.7. The number of hydrogen-bond acceptors (Lipinski definition) is 4. The number of hydrogen-bond donors (Lipinski definition) is 1. The van der Waals surface area contributed by atoms with Gasteiger partial charge in [0.2, 0.25) is 0 Å². The Morgan fingerprint density at radius 1 is 1.47 bits per heavy atom. The fourth-order valence-electron chi connectivity index (χ4n) is 2.77. The number of carbonyl (C=O) groups excluding carboxylic acids is 1. The Hall–Kier alpha value is -1.71. The smallest absolute Gasteiger partial charge is 0.340 e. The third kappa shape index (κ3) is 2.83. The van der Waals surface area contributed by atoms with Gasteiger partial charge in [-0.15, -0.1) is 0 Å². The number of piperidine rings is 1. The second-order valence-corrected chi connectivity index (χ2v) is 5.01. The number of esters is 1. The Kier molecular flexibility index (Phi) is 4.30. The third-order valence-corrected chi connectivity index (χ3v) is 3.87. The van der Waals surface area contributed by atoms with Crippen molar-refractivity contribution in [1.82, 2.24) is 0 Å². The molecular weight excluding hydrogens is 240 g/mol. The van der Waals surface area contributed by atoms with Crippen LogP contribution in [-0.2, 0) is 4.74 Å². The largest absolute Gasteiger partial charge is 0.465 e. The Morgan fingerprint density at radius 3 is 2.95 bits per heavy atom. The van der Waals surface area contributed by atoms with Gasteiger partial charge in [-0.2, -0.15) is 0 Å². The molecule has 1 aliphatic rings. The van der Waals surface area contributed by atoms with Gasteiger partial charge in [0.05, 0.1) is 12.7 Å². The van der Waals surface area contributed by atoms with E-state index in [1.54, 1.807) is 6.07 Å². The summed E-state index contributed by atoms with van der Waals surface area (Å²) in [5.41, 5.74) is 7.85. The molecule has 1 heterocycles. The van der Waals surface area contributed by atoms with Crippen LogP contribution in [0, 0.1) is 0 Å². The van der Waals surface area contributed by atoms with Crippen LogP contribution >= 0.6 is 0 Å². The first-order valence-corrected chi connectivity index (χ1v) is 6.91. The van der Waals surface area contributed by atoms with E-state index in [1.807, 2.05) is 12.1 Å². The van der Waals surface area contributed by atoms with Crippen molar-refractivity contribution in [1.29, 1.82) is 0 Å². The van der Waals surface area contributed by atoms with Gasteiger partial charge in [0.25, 0.3) is 0 Å². The standard InChI is InChI=1S/C15H22N2O2/c1-3-11-6-4-5-9-17(11)12-7-8-14(16)13(10-12)15(18)19-2/h7-8,10-11H,3-6,9,16H2,1-2H3. The van der Waals surface area contributed by atoms with Gasteiger partial charge in [-0.05, 0) is 43.9 Å². The Labute approximate surface area is 114 Å². The number of nitrogen functional groups attached to an aromatic ring is 1. The summed E-state index contributed by atoms with van der Waals surface area (Å²) < 4.78 is 4.78. The summed E-state index contributed by atoms with van der Waals surface area (Å²) in [6, 6.07) is 6.20. The van der Waals surface area contributed by atoms with Crippen LogP contribution in [-0.4, -0.2) is 25.7 Å². The van der Waals surface area contributed by atoms with Crippen molar-refractivity contribution < 1.29 is 9.53 Å². The van der Waals surface area contributed by atoms with Crippen LogP contribution < -0.4 is 10.6 Å². The lowest BCUT2D eigenvalue weighted by Crippen LogP contribution is -2.39. The molecular formula is C15H22N2O2. The zero-order valence-corrected chi connectivity index (χ0v) is 11.7. The van der Waals surface area contributed by atoms with Gasteiger partial charge in [0.15, 0.2) is 0 Å². The minimum Gasteiger partial charge on any atom is -0.465 e. The lowest BCUT2D eigenvalue weighted by Gasteiger charge is -2.37. The average Bonchev–Trinajstić information content (AvgIpc) is 2.47. The van der Waals surface area contributed by atoms with Crippen molar-refractivity contribution in [3.63, 3.8) is 0 Å². The molecule has 2 rings (SSSR count). The minimum atomic E-state index is -0.371. The van der Waals surface area contributed by atoms with Gasteiger partial charge in [-0.1, -0.05) is 6.92 Å². The Morgan fingerprint density at radius 2 is 2.26 bits per heavy atom. The Bertz CT molecular complexity index is 459. The van der Waals surface area contributed by atoms with E-state index in [0.717, 1.165) is 18.7 Å². The predicted molar refractivity (Wildman–Crippen MR) is 77.5 cm³/mol. The van der Waals surface area contributed by atoms with Crippen molar-refractivity contribution in [3.8, 4) is 0 Å². The van der Waals surface area contributed by atoms with Crippen molar-refractivity contribution in [2.75, 3.05) is 24.3 Å². The minimum absolute atomic E-state index is 0.371. The molecule has 1 unspecified atom stereocenters. The molecule has 0 aromatic heterocycles. The van der Waals surface area contributed by atoms with Crippen LogP contribution in [0.3, 0.4) is 0 Å². The molecule has 0 bridgehead atoms. The van der Waals surface area contributed by atoms with E-state index in [2.05, 4.69) is 11.8 Å². The number of methoxy groups -OCH3 is 1. The van der Waals surface area contributed by atoms with Crippen molar-refractivity contribution in [2.24, 2.45) is 0 Å². The summed E-state index contributed by atoms with van der Waals surface area (Å²) in [4.78, 5) is 14.1. The highest BCUT2D eigenvalue weighted by Gasteiger charge is 2.22. The summed E-state index contributed by atoms with van der Waals surface area (Å²) in [6.45, 7) is 3.25. The first-order chi connectivity index (χ1) is 9.17. The highest BCUT2D eigenvalue weighted by Crippen LogP contribution is 2.29. The highest BCUT2D eigenvalue weighted by atomic mass is 16.5. The molecule has 0 amide bonds. The van der Waals surface area contributed by atoms with Crippen molar-refractivity contribution in [2.45, 2.75) is 38.6 Å². The molecule has 1 aromatic carbocycles. The number of nitrogens with two attached hydrogens (primary N) is 1. The van der Waals surface area contributed by atoms with E-state index in [4.69, 9.17) is 10.5 Å². The van der Waals surface area contributed by atoms with Crippen LogP contribution in [0.1, 0.15) is 43.0 Å². The lowest BCUT2D eigenvalue weighted by atomic mass is 9.98. The fraction of sp³-hybridized carbons (Fsp3) is 0.533. The molecule has 1 fully saturated rings. The number of rotatable bonds is 3. The zero-order valence-electron chi connectivity index (χ0n) is 11.7. The predicted octanol–water partition coefficient (Wildman–Crippen LogP) is 2.82. The SMILES string of the molecule is CCC1CCCCN1c1ccc(N)c(C(=O)OC)c1. The van der Waals surface area contributed by atoms with Gasteiger partial charge in [-0.3, -0.25) is 0 Å². The molecule has 0 aliphatic carbocycles. The van der Waals surface area contributed by atoms with E-state index < -0.39 is 0 Å². The molecule has 4 heteroatoms. The fourth-order valence-corrected chi connectivity index (χ4v) is 2.77. The summed E-state index contributed by atoms with van der Waals surface area (Å²) in [5.74, 6) is -0.371. The van der Waals surface area contributed by atoms with E-state index in [-0.39, 0.29) is 5.97 Å². The summed E-state index contributed by atoms with van der Waals surface area (Å²) in [7, 11) is 1.38. The molecule has 104 valence electrons. The highest BCUT2D eigenvalue weighted by molar-refractivity contribution is 5.96. The maximum absolute atomic E-state index is 11.7. The molecule has 19 heavy (non-hydrogen) atoms. The Balaban J connectivity index is 2.31. The van der Waals surface area contributed by atoms with Gasteiger partial charge >= 0.3 is 5.97 Å². The molecule has 1 atom stereocenters. The van der Waals surface area contributed by atoms with Crippen LogP contribution in [0.25, 0.3) is 0 Å². The molecule has 4 nitrogen and oxygen atoms in total. The molecule has 1 aromatic rings. The van der Waals surface area contributed by atoms with E-state index in [9.17, 15) is 4.79 Å². The number of nitrogens with zero attached hydrogens (tertiary/aromatic N) is 1. The van der Waals surface area contributed by atoms with Crippen LogP contribution in [0.5, 0.6) is 0 Å². The normalized spacial score (nSPS) is 19.3.